The van der Waals surface area contributed by atoms with Crippen LogP contribution in [-0.2, 0) is 0 Å². The molecule has 0 saturated heterocycles. The fourth-order valence-corrected chi connectivity index (χ4v) is 1.47. The Morgan fingerprint density at radius 3 is 2.87 bits per heavy atom. The maximum absolute atomic E-state index is 5.84. The molecule has 1 heterocycles. The highest BCUT2D eigenvalue weighted by Gasteiger charge is 2.05. The van der Waals surface area contributed by atoms with E-state index in [0.717, 1.165) is 23.1 Å². The molecule has 1 atom stereocenters. The van der Waals surface area contributed by atoms with Crippen LogP contribution in [0, 0.1) is 0 Å². The van der Waals surface area contributed by atoms with E-state index in [2.05, 4.69) is 18.8 Å². The minimum absolute atomic E-state index is 0.246. The number of ether oxygens (including phenoxy) is 1. The number of para-hydroxylation sites is 1. The zero-order valence-corrected chi connectivity index (χ0v) is 9.10. The fraction of sp³-hybridized carbons (Fsp3) is 0.308. The maximum atomic E-state index is 5.84. The van der Waals surface area contributed by atoms with Gasteiger partial charge in [0.05, 0.1) is 11.6 Å². The van der Waals surface area contributed by atoms with Crippen LogP contribution in [0.4, 0.5) is 0 Å². The van der Waals surface area contributed by atoms with Crippen LogP contribution in [0.1, 0.15) is 20.3 Å². The molecule has 1 unspecified atom stereocenters. The second kappa shape index (κ2) is 4.30. The first kappa shape index (κ1) is 9.97. The standard InChI is InChI=1S/C13H15NO/c1-3-10(2)15-13-8-9-14-12-7-5-4-6-11(12)13/h4-10H,3H2,1-2H3. The van der Waals surface area contributed by atoms with Crippen molar-refractivity contribution in [1.29, 1.82) is 0 Å². The molecule has 0 aliphatic heterocycles. The third-order valence-electron chi connectivity index (χ3n) is 2.51. The summed E-state index contributed by atoms with van der Waals surface area (Å²) in [6, 6.07) is 9.96. The van der Waals surface area contributed by atoms with E-state index in [1.807, 2.05) is 30.3 Å². The third kappa shape index (κ3) is 2.09. The van der Waals surface area contributed by atoms with Gasteiger partial charge in [0.1, 0.15) is 5.75 Å². The van der Waals surface area contributed by atoms with Crippen LogP contribution in [0.15, 0.2) is 36.5 Å². The SMILES string of the molecule is CCC(C)Oc1ccnc2ccccc12. The minimum Gasteiger partial charge on any atom is -0.490 e. The fourth-order valence-electron chi connectivity index (χ4n) is 1.47. The summed E-state index contributed by atoms with van der Waals surface area (Å²) in [6.45, 7) is 4.20. The van der Waals surface area contributed by atoms with Gasteiger partial charge in [-0.25, -0.2) is 0 Å². The molecule has 0 fully saturated rings. The van der Waals surface area contributed by atoms with Gasteiger partial charge in [0, 0.05) is 11.6 Å². The van der Waals surface area contributed by atoms with Crippen molar-refractivity contribution in [3.8, 4) is 5.75 Å². The first-order chi connectivity index (χ1) is 7.31. The molecule has 0 bridgehead atoms. The first-order valence-corrected chi connectivity index (χ1v) is 5.31. The topological polar surface area (TPSA) is 22.1 Å². The number of aromatic nitrogens is 1. The van der Waals surface area contributed by atoms with Gasteiger partial charge in [-0.15, -0.1) is 0 Å². The first-order valence-electron chi connectivity index (χ1n) is 5.31. The molecular formula is C13H15NO. The van der Waals surface area contributed by atoms with Crippen LogP contribution in [0.25, 0.3) is 10.9 Å². The summed E-state index contributed by atoms with van der Waals surface area (Å²) in [5.41, 5.74) is 0.985. The van der Waals surface area contributed by atoms with Crippen LogP contribution >= 0.6 is 0 Å². The Morgan fingerprint density at radius 1 is 1.27 bits per heavy atom. The summed E-state index contributed by atoms with van der Waals surface area (Å²) in [7, 11) is 0. The van der Waals surface area contributed by atoms with E-state index in [9.17, 15) is 0 Å². The average molecular weight is 201 g/mol. The van der Waals surface area contributed by atoms with Crippen molar-refractivity contribution in [3.05, 3.63) is 36.5 Å². The summed E-state index contributed by atoms with van der Waals surface area (Å²) >= 11 is 0. The second-order valence-electron chi connectivity index (χ2n) is 3.66. The van der Waals surface area contributed by atoms with Crippen molar-refractivity contribution in [2.45, 2.75) is 26.4 Å². The Labute approximate surface area is 89.9 Å². The highest BCUT2D eigenvalue weighted by atomic mass is 16.5. The smallest absolute Gasteiger partial charge is 0.130 e. The number of pyridine rings is 1. The van der Waals surface area contributed by atoms with Gasteiger partial charge in [-0.1, -0.05) is 19.1 Å². The summed E-state index contributed by atoms with van der Waals surface area (Å²) in [4.78, 5) is 4.29. The molecule has 0 saturated carbocycles. The summed E-state index contributed by atoms with van der Waals surface area (Å²) in [6.07, 6.45) is 3.05. The van der Waals surface area contributed by atoms with Crippen LogP contribution in [0.5, 0.6) is 5.75 Å². The van der Waals surface area contributed by atoms with Crippen molar-refractivity contribution < 1.29 is 4.74 Å². The average Bonchev–Trinajstić information content (AvgIpc) is 2.29. The lowest BCUT2D eigenvalue weighted by Crippen LogP contribution is -2.09. The van der Waals surface area contributed by atoms with Crippen LogP contribution in [-0.4, -0.2) is 11.1 Å². The van der Waals surface area contributed by atoms with Gasteiger partial charge in [0.2, 0.25) is 0 Å². The second-order valence-corrected chi connectivity index (χ2v) is 3.66. The Hall–Kier alpha value is -1.57. The summed E-state index contributed by atoms with van der Waals surface area (Å²) in [5, 5.41) is 1.08. The highest BCUT2D eigenvalue weighted by molar-refractivity contribution is 5.84. The zero-order valence-electron chi connectivity index (χ0n) is 9.10. The molecule has 1 aromatic heterocycles. The van der Waals surface area contributed by atoms with E-state index in [4.69, 9.17) is 4.74 Å². The molecule has 1 aromatic carbocycles. The lowest BCUT2D eigenvalue weighted by Gasteiger charge is -2.13. The maximum Gasteiger partial charge on any atom is 0.130 e. The molecule has 2 rings (SSSR count). The monoisotopic (exact) mass is 201 g/mol. The number of rotatable bonds is 3. The van der Waals surface area contributed by atoms with Gasteiger partial charge in [0.15, 0.2) is 0 Å². The van der Waals surface area contributed by atoms with Gasteiger partial charge < -0.3 is 4.74 Å². The van der Waals surface area contributed by atoms with Crippen molar-refractivity contribution in [1.82, 2.24) is 4.98 Å². The van der Waals surface area contributed by atoms with E-state index in [1.165, 1.54) is 0 Å². The van der Waals surface area contributed by atoms with E-state index in [0.29, 0.717) is 0 Å². The molecular weight excluding hydrogens is 186 g/mol. The molecule has 0 aliphatic rings. The summed E-state index contributed by atoms with van der Waals surface area (Å²) in [5.74, 6) is 0.926. The van der Waals surface area contributed by atoms with Crippen molar-refractivity contribution >= 4 is 10.9 Å². The Bertz CT molecular complexity index is 448. The van der Waals surface area contributed by atoms with Crippen LogP contribution < -0.4 is 4.74 Å². The van der Waals surface area contributed by atoms with Crippen molar-refractivity contribution in [2.75, 3.05) is 0 Å². The molecule has 0 aliphatic carbocycles. The quantitative estimate of drug-likeness (QED) is 0.759. The van der Waals surface area contributed by atoms with Crippen molar-refractivity contribution in [2.24, 2.45) is 0 Å². The molecule has 0 amide bonds. The molecule has 2 aromatic rings. The van der Waals surface area contributed by atoms with Crippen LogP contribution in [0.3, 0.4) is 0 Å². The Morgan fingerprint density at radius 2 is 2.07 bits per heavy atom. The normalized spacial score (nSPS) is 12.7. The number of nitrogens with zero attached hydrogens (tertiary/aromatic N) is 1. The molecule has 2 nitrogen and oxygen atoms in total. The summed E-state index contributed by atoms with van der Waals surface area (Å²) < 4.78 is 5.84. The number of hydrogen-bond acceptors (Lipinski definition) is 2. The number of benzene rings is 1. The predicted molar refractivity (Wildman–Crippen MR) is 62.1 cm³/mol. The van der Waals surface area contributed by atoms with Gasteiger partial charge in [-0.3, -0.25) is 4.98 Å². The lowest BCUT2D eigenvalue weighted by atomic mass is 10.2. The molecule has 78 valence electrons. The predicted octanol–water partition coefficient (Wildman–Crippen LogP) is 3.41. The molecule has 0 radical (unpaired) electrons. The minimum atomic E-state index is 0.246. The van der Waals surface area contributed by atoms with Crippen LogP contribution in [0.2, 0.25) is 0 Å². The molecule has 0 N–H and O–H groups in total. The molecule has 15 heavy (non-hydrogen) atoms. The Balaban J connectivity index is 2.42. The van der Waals surface area contributed by atoms with Gasteiger partial charge >= 0.3 is 0 Å². The lowest BCUT2D eigenvalue weighted by molar-refractivity contribution is 0.220. The van der Waals surface area contributed by atoms with Gasteiger partial charge in [0.25, 0.3) is 0 Å². The number of hydrogen-bond donors (Lipinski definition) is 0. The van der Waals surface area contributed by atoms with E-state index in [-0.39, 0.29) is 6.10 Å². The third-order valence-corrected chi connectivity index (χ3v) is 2.51. The van der Waals surface area contributed by atoms with E-state index in [1.54, 1.807) is 6.20 Å². The largest absolute Gasteiger partial charge is 0.490 e. The van der Waals surface area contributed by atoms with E-state index >= 15 is 0 Å². The zero-order chi connectivity index (χ0) is 10.7. The van der Waals surface area contributed by atoms with Crippen molar-refractivity contribution in [3.63, 3.8) is 0 Å². The van der Waals surface area contributed by atoms with E-state index < -0.39 is 0 Å². The molecule has 2 heteroatoms. The molecule has 0 spiro atoms. The van der Waals surface area contributed by atoms with Gasteiger partial charge in [-0.05, 0) is 31.5 Å². The highest BCUT2D eigenvalue weighted by Crippen LogP contribution is 2.24. The number of fused-ring (bicyclic) bond motifs is 1. The van der Waals surface area contributed by atoms with Gasteiger partial charge in [-0.2, -0.15) is 0 Å². The Kier molecular flexibility index (Phi) is 2.86.